The first-order valence-corrected chi connectivity index (χ1v) is 11.2. The van der Waals surface area contributed by atoms with E-state index in [0.717, 1.165) is 6.07 Å². The normalized spacial score (nSPS) is 14.3. The van der Waals surface area contributed by atoms with Crippen LogP contribution in [0.4, 0.5) is 18.9 Å². The lowest BCUT2D eigenvalue weighted by Gasteiger charge is -2.37. The van der Waals surface area contributed by atoms with E-state index in [-0.39, 0.29) is 39.9 Å². The van der Waals surface area contributed by atoms with Gasteiger partial charge in [-0.25, -0.2) is 4.39 Å². The molecule has 2 aromatic rings. The fourth-order valence-corrected chi connectivity index (χ4v) is 4.00. The fraction of sp³-hybridized carbons (Fsp3) is 0.391. The van der Waals surface area contributed by atoms with Gasteiger partial charge in [0.15, 0.2) is 0 Å². The Morgan fingerprint density at radius 1 is 1.25 bits per heavy atom. The van der Waals surface area contributed by atoms with Gasteiger partial charge in [-0.05, 0) is 52.1 Å². The first kappa shape index (κ1) is 25.7. The van der Waals surface area contributed by atoms with Crippen LogP contribution in [0.2, 0.25) is 0 Å². The highest BCUT2D eigenvalue weighted by Crippen LogP contribution is 2.28. The number of hydrogen-bond acceptors (Lipinski definition) is 6. The van der Waals surface area contributed by atoms with E-state index in [1.807, 2.05) is 32.7 Å². The molecule has 0 saturated carbocycles. The van der Waals surface area contributed by atoms with Crippen LogP contribution < -0.4 is 15.4 Å². The van der Waals surface area contributed by atoms with Crippen LogP contribution >= 0.6 is 11.8 Å². The van der Waals surface area contributed by atoms with Crippen LogP contribution in [0.3, 0.4) is 0 Å². The van der Waals surface area contributed by atoms with Crippen molar-refractivity contribution < 1.29 is 22.7 Å². The second kappa shape index (κ2) is 11.4. The van der Waals surface area contributed by atoms with Crippen LogP contribution in [0.1, 0.15) is 42.3 Å². The molecular weight excluding hydrogens is 439 g/mol. The largest absolute Gasteiger partial charge is 0.435 e. The summed E-state index contributed by atoms with van der Waals surface area (Å²) in [7, 11) is 2.03. The quantitative estimate of drug-likeness (QED) is 0.368. The number of carbonyl (C=O) groups is 1. The molecule has 1 saturated heterocycles. The number of alkyl halides is 2. The Morgan fingerprint density at radius 3 is 2.41 bits per heavy atom. The standard InChI is InChI=1S/C18H17F3N2O2.C5H11NS/c1-10(2)23-15-7-11(9-24)6-14(19)16(15)17(22)12-4-3-5-13(8-12)25-18(20)21;1-5(6-2)3-7-4-5/h3-10,18,22-23H,1-2H3;6H,3-4H2,1-2H3. The summed E-state index contributed by atoms with van der Waals surface area (Å²) in [5, 5.41) is 14.5. The number of benzene rings is 2. The average Bonchev–Trinajstić information content (AvgIpc) is 2.71. The van der Waals surface area contributed by atoms with Gasteiger partial charge in [0, 0.05) is 39.9 Å². The predicted molar refractivity (Wildman–Crippen MR) is 124 cm³/mol. The zero-order valence-corrected chi connectivity index (χ0v) is 19.3. The van der Waals surface area contributed by atoms with Gasteiger partial charge in [-0.1, -0.05) is 12.1 Å². The van der Waals surface area contributed by atoms with E-state index in [9.17, 15) is 18.0 Å². The summed E-state index contributed by atoms with van der Waals surface area (Å²) in [5.74, 6) is 1.69. The Hall–Kier alpha value is -2.52. The second-order valence-corrected chi connectivity index (χ2v) is 8.91. The lowest BCUT2D eigenvalue weighted by Crippen LogP contribution is -2.51. The van der Waals surface area contributed by atoms with E-state index in [4.69, 9.17) is 5.41 Å². The van der Waals surface area contributed by atoms with Gasteiger partial charge in [0.1, 0.15) is 17.9 Å². The summed E-state index contributed by atoms with van der Waals surface area (Å²) in [6, 6.07) is 7.90. The van der Waals surface area contributed by atoms with Crippen molar-refractivity contribution >= 4 is 29.4 Å². The van der Waals surface area contributed by atoms with Gasteiger partial charge in [0.2, 0.25) is 0 Å². The Kier molecular flexibility index (Phi) is 9.15. The Morgan fingerprint density at radius 2 is 1.94 bits per heavy atom. The van der Waals surface area contributed by atoms with Gasteiger partial charge >= 0.3 is 6.61 Å². The molecule has 174 valence electrons. The molecule has 9 heteroatoms. The molecule has 1 fully saturated rings. The second-order valence-electron chi connectivity index (χ2n) is 7.93. The molecule has 1 aliphatic rings. The van der Waals surface area contributed by atoms with Crippen molar-refractivity contribution in [3.63, 3.8) is 0 Å². The third kappa shape index (κ3) is 7.00. The number of carbonyl (C=O) groups excluding carboxylic acids is 1. The molecule has 3 N–H and O–H groups in total. The van der Waals surface area contributed by atoms with Crippen LogP contribution in [0.25, 0.3) is 0 Å². The Labute approximate surface area is 190 Å². The number of thioether (sulfide) groups is 1. The minimum atomic E-state index is -2.99. The molecule has 32 heavy (non-hydrogen) atoms. The van der Waals surface area contributed by atoms with Gasteiger partial charge in [-0.3, -0.25) is 10.2 Å². The van der Waals surface area contributed by atoms with Crippen LogP contribution in [0, 0.1) is 11.2 Å². The number of rotatable bonds is 8. The smallest absolute Gasteiger partial charge is 0.387 e. The third-order valence-corrected chi connectivity index (χ3v) is 6.42. The van der Waals surface area contributed by atoms with Crippen LogP contribution in [-0.4, -0.2) is 48.7 Å². The van der Waals surface area contributed by atoms with Crippen molar-refractivity contribution in [1.82, 2.24) is 5.32 Å². The maximum absolute atomic E-state index is 14.5. The molecular formula is C23H28F3N3O2S. The molecule has 5 nitrogen and oxygen atoms in total. The highest BCUT2D eigenvalue weighted by molar-refractivity contribution is 8.00. The third-order valence-electron chi connectivity index (χ3n) is 4.74. The number of nitrogens with one attached hydrogen (secondary N) is 3. The van der Waals surface area contributed by atoms with Gasteiger partial charge in [-0.15, -0.1) is 0 Å². The number of aldehydes is 1. The first-order valence-electron chi connectivity index (χ1n) is 10.0. The van der Waals surface area contributed by atoms with Crippen molar-refractivity contribution in [3.05, 3.63) is 58.9 Å². The summed E-state index contributed by atoms with van der Waals surface area (Å²) in [6.45, 7) is 2.92. The van der Waals surface area contributed by atoms with Crippen molar-refractivity contribution in [2.24, 2.45) is 0 Å². The molecule has 0 spiro atoms. The van der Waals surface area contributed by atoms with E-state index < -0.39 is 12.4 Å². The lowest BCUT2D eigenvalue weighted by atomic mass is 9.98. The SMILES string of the molecule is CC(C)Nc1cc(C=O)cc(F)c1C(=N)c1cccc(OC(F)F)c1.CNC1(C)CSC1. The van der Waals surface area contributed by atoms with Crippen molar-refractivity contribution in [2.75, 3.05) is 23.9 Å². The van der Waals surface area contributed by atoms with E-state index >= 15 is 0 Å². The topological polar surface area (TPSA) is 74.2 Å². The van der Waals surface area contributed by atoms with Crippen molar-refractivity contribution in [2.45, 2.75) is 39.0 Å². The monoisotopic (exact) mass is 467 g/mol. The number of ether oxygens (including phenoxy) is 1. The van der Waals surface area contributed by atoms with Crippen molar-refractivity contribution in [1.29, 1.82) is 5.41 Å². The zero-order chi connectivity index (χ0) is 23.9. The van der Waals surface area contributed by atoms with E-state index in [1.54, 1.807) is 0 Å². The minimum absolute atomic E-state index is 0.0477. The molecule has 0 bridgehead atoms. The molecule has 0 aliphatic carbocycles. The van der Waals surface area contributed by atoms with Crippen molar-refractivity contribution in [3.8, 4) is 5.75 Å². The van der Waals surface area contributed by atoms with E-state index in [1.165, 1.54) is 41.8 Å². The van der Waals surface area contributed by atoms with E-state index in [2.05, 4.69) is 22.3 Å². The highest BCUT2D eigenvalue weighted by Gasteiger charge is 2.29. The molecule has 2 aromatic carbocycles. The number of anilines is 1. The lowest BCUT2D eigenvalue weighted by molar-refractivity contribution is -0.0498. The maximum atomic E-state index is 14.5. The average molecular weight is 468 g/mol. The van der Waals surface area contributed by atoms with Gasteiger partial charge in [0.05, 0.1) is 11.3 Å². The van der Waals surface area contributed by atoms with Crippen LogP contribution in [0.15, 0.2) is 36.4 Å². The summed E-state index contributed by atoms with van der Waals surface area (Å²) in [6.07, 6.45) is 0.513. The summed E-state index contributed by atoms with van der Waals surface area (Å²) < 4.78 is 43.5. The van der Waals surface area contributed by atoms with Gasteiger partial charge in [0.25, 0.3) is 0 Å². The molecule has 0 radical (unpaired) electrons. The molecule has 0 amide bonds. The van der Waals surface area contributed by atoms with Crippen LogP contribution in [0.5, 0.6) is 5.75 Å². The Bertz CT molecular complexity index is 945. The van der Waals surface area contributed by atoms with Gasteiger partial charge < -0.3 is 15.4 Å². The summed E-state index contributed by atoms with van der Waals surface area (Å²) in [5.41, 5.74) is 0.841. The predicted octanol–water partition coefficient (Wildman–Crippen LogP) is 5.19. The molecule has 0 aromatic heterocycles. The molecule has 0 unspecified atom stereocenters. The van der Waals surface area contributed by atoms with Crippen LogP contribution in [-0.2, 0) is 0 Å². The number of halogens is 3. The summed E-state index contributed by atoms with van der Waals surface area (Å²) >= 11 is 2.01. The molecule has 0 atom stereocenters. The maximum Gasteiger partial charge on any atom is 0.387 e. The zero-order valence-electron chi connectivity index (χ0n) is 18.5. The molecule has 1 aliphatic heterocycles. The molecule has 3 rings (SSSR count). The van der Waals surface area contributed by atoms with E-state index in [0.29, 0.717) is 11.8 Å². The molecule has 1 heterocycles. The fourth-order valence-electron chi connectivity index (χ4n) is 2.90. The minimum Gasteiger partial charge on any atom is -0.435 e. The van der Waals surface area contributed by atoms with Gasteiger partial charge in [-0.2, -0.15) is 20.5 Å². The highest BCUT2D eigenvalue weighted by atomic mass is 32.2. The number of hydrogen-bond donors (Lipinski definition) is 3. The first-order chi connectivity index (χ1) is 15.1. The summed E-state index contributed by atoms with van der Waals surface area (Å²) in [4.78, 5) is 11.0. The Balaban J connectivity index is 0.000000439.